The Kier molecular flexibility index (Phi) is 2.65. The summed E-state index contributed by atoms with van der Waals surface area (Å²) in [7, 11) is 1.55. The molecule has 1 heterocycles. The summed E-state index contributed by atoms with van der Waals surface area (Å²) in [6, 6.07) is 0. The molecule has 1 saturated heterocycles. The van der Waals surface area contributed by atoms with E-state index in [1.807, 2.05) is 6.92 Å². The summed E-state index contributed by atoms with van der Waals surface area (Å²) in [6.07, 6.45) is 1.05. The molecule has 0 amide bonds. The van der Waals surface area contributed by atoms with Crippen molar-refractivity contribution in [1.29, 1.82) is 0 Å². The smallest absolute Gasteiger partial charge is 0.183 e. The molecular formula is C7H14O3. The summed E-state index contributed by atoms with van der Waals surface area (Å²) < 4.78 is 10.2. The number of hydrogen-bond acceptors (Lipinski definition) is 3. The van der Waals surface area contributed by atoms with Gasteiger partial charge in [-0.05, 0) is 19.8 Å². The second-order valence-corrected chi connectivity index (χ2v) is 2.70. The summed E-state index contributed by atoms with van der Waals surface area (Å²) in [5, 5.41) is 9.24. The van der Waals surface area contributed by atoms with E-state index in [2.05, 4.69) is 0 Å². The topological polar surface area (TPSA) is 38.7 Å². The fraction of sp³-hybridized carbons (Fsp3) is 1.00. The van der Waals surface area contributed by atoms with E-state index in [0.29, 0.717) is 0 Å². The zero-order chi connectivity index (χ0) is 7.56. The third-order valence-corrected chi connectivity index (χ3v) is 1.78. The summed E-state index contributed by atoms with van der Waals surface area (Å²) in [5.41, 5.74) is 0. The maximum absolute atomic E-state index is 9.24. The Hall–Kier alpha value is -0.120. The highest BCUT2D eigenvalue weighted by Crippen LogP contribution is 2.19. The van der Waals surface area contributed by atoms with E-state index in [9.17, 15) is 5.11 Å². The Morgan fingerprint density at radius 1 is 1.50 bits per heavy atom. The quantitative estimate of drug-likeness (QED) is 0.586. The van der Waals surface area contributed by atoms with Crippen LogP contribution in [0.4, 0.5) is 0 Å². The van der Waals surface area contributed by atoms with Gasteiger partial charge in [-0.3, -0.25) is 0 Å². The first-order valence-corrected chi connectivity index (χ1v) is 3.60. The van der Waals surface area contributed by atoms with Crippen molar-refractivity contribution in [2.24, 2.45) is 0 Å². The van der Waals surface area contributed by atoms with E-state index >= 15 is 0 Å². The molecule has 0 radical (unpaired) electrons. The van der Waals surface area contributed by atoms with Gasteiger partial charge in [0.25, 0.3) is 0 Å². The van der Waals surface area contributed by atoms with Crippen LogP contribution in [0.2, 0.25) is 0 Å². The van der Waals surface area contributed by atoms with Crippen LogP contribution in [0.1, 0.15) is 19.8 Å². The van der Waals surface area contributed by atoms with E-state index in [4.69, 9.17) is 9.47 Å². The minimum Gasteiger partial charge on any atom is -0.388 e. The number of rotatable bonds is 1. The second-order valence-electron chi connectivity index (χ2n) is 2.70. The van der Waals surface area contributed by atoms with Crippen molar-refractivity contribution in [1.82, 2.24) is 0 Å². The van der Waals surface area contributed by atoms with E-state index in [1.54, 1.807) is 7.11 Å². The molecule has 3 atom stereocenters. The maximum Gasteiger partial charge on any atom is 0.183 e. The molecule has 0 unspecified atom stereocenters. The van der Waals surface area contributed by atoms with Crippen molar-refractivity contribution in [3.05, 3.63) is 0 Å². The summed E-state index contributed by atoms with van der Waals surface area (Å²) >= 11 is 0. The molecule has 1 fully saturated rings. The van der Waals surface area contributed by atoms with Gasteiger partial charge in [0.2, 0.25) is 0 Å². The van der Waals surface area contributed by atoms with Gasteiger partial charge in [0, 0.05) is 7.11 Å². The second kappa shape index (κ2) is 3.32. The molecular weight excluding hydrogens is 132 g/mol. The van der Waals surface area contributed by atoms with E-state index in [0.717, 1.165) is 12.8 Å². The highest BCUT2D eigenvalue weighted by molar-refractivity contribution is 4.69. The third kappa shape index (κ3) is 1.68. The van der Waals surface area contributed by atoms with Crippen molar-refractivity contribution in [3.8, 4) is 0 Å². The first-order valence-electron chi connectivity index (χ1n) is 3.60. The first-order chi connectivity index (χ1) is 4.74. The molecule has 0 spiro atoms. The van der Waals surface area contributed by atoms with Crippen LogP contribution in [0.25, 0.3) is 0 Å². The van der Waals surface area contributed by atoms with Gasteiger partial charge in [-0.1, -0.05) is 0 Å². The molecule has 0 aliphatic carbocycles. The molecule has 0 saturated carbocycles. The average Bonchev–Trinajstić information content (AvgIpc) is 1.94. The number of aliphatic hydroxyl groups is 1. The fourth-order valence-electron chi connectivity index (χ4n) is 1.14. The highest BCUT2D eigenvalue weighted by Gasteiger charge is 2.26. The van der Waals surface area contributed by atoms with Gasteiger partial charge in [-0.15, -0.1) is 0 Å². The molecule has 3 nitrogen and oxygen atoms in total. The van der Waals surface area contributed by atoms with Crippen molar-refractivity contribution in [2.75, 3.05) is 7.11 Å². The Labute approximate surface area is 60.9 Å². The molecule has 1 aliphatic heterocycles. The van der Waals surface area contributed by atoms with Crippen molar-refractivity contribution < 1.29 is 14.6 Å². The van der Waals surface area contributed by atoms with Crippen LogP contribution in [0, 0.1) is 0 Å². The number of hydrogen-bond donors (Lipinski definition) is 1. The zero-order valence-electron chi connectivity index (χ0n) is 6.41. The minimum atomic E-state index is -0.443. The molecule has 1 aliphatic rings. The Morgan fingerprint density at radius 3 is 2.70 bits per heavy atom. The SMILES string of the molecule is CO[C@H]1O[C@@H](C)CC[C@@H]1O. The van der Waals surface area contributed by atoms with Crippen LogP contribution in [-0.4, -0.2) is 30.7 Å². The molecule has 0 aromatic heterocycles. The molecule has 1 rings (SSSR count). The number of aliphatic hydroxyl groups excluding tert-OH is 1. The first kappa shape index (κ1) is 7.98. The van der Waals surface area contributed by atoms with Crippen molar-refractivity contribution >= 4 is 0 Å². The predicted octanol–water partition coefficient (Wildman–Crippen LogP) is 0.519. The van der Waals surface area contributed by atoms with Gasteiger partial charge >= 0.3 is 0 Å². The van der Waals surface area contributed by atoms with Crippen molar-refractivity contribution in [3.63, 3.8) is 0 Å². The van der Waals surface area contributed by atoms with Gasteiger partial charge < -0.3 is 14.6 Å². The molecule has 0 aromatic carbocycles. The molecule has 1 N–H and O–H groups in total. The molecule has 0 bridgehead atoms. The number of methoxy groups -OCH3 is 1. The zero-order valence-corrected chi connectivity index (χ0v) is 6.41. The van der Waals surface area contributed by atoms with E-state index in [-0.39, 0.29) is 6.10 Å². The largest absolute Gasteiger partial charge is 0.388 e. The summed E-state index contributed by atoms with van der Waals surface area (Å²) in [5.74, 6) is 0. The van der Waals surface area contributed by atoms with E-state index in [1.165, 1.54) is 0 Å². The third-order valence-electron chi connectivity index (χ3n) is 1.78. The summed E-state index contributed by atoms with van der Waals surface area (Å²) in [6.45, 7) is 1.98. The maximum atomic E-state index is 9.24. The van der Waals surface area contributed by atoms with Gasteiger partial charge in [0.15, 0.2) is 6.29 Å². The van der Waals surface area contributed by atoms with Gasteiger partial charge in [-0.2, -0.15) is 0 Å². The Balaban J connectivity index is 2.38. The van der Waals surface area contributed by atoms with Crippen LogP contribution >= 0.6 is 0 Å². The highest BCUT2D eigenvalue weighted by atomic mass is 16.7. The van der Waals surface area contributed by atoms with Crippen LogP contribution in [0.15, 0.2) is 0 Å². The molecule has 3 heteroatoms. The van der Waals surface area contributed by atoms with E-state index < -0.39 is 12.4 Å². The molecule has 0 aromatic rings. The van der Waals surface area contributed by atoms with Crippen molar-refractivity contribution in [2.45, 2.75) is 38.3 Å². The lowest BCUT2D eigenvalue weighted by Crippen LogP contribution is -2.38. The lowest BCUT2D eigenvalue weighted by atomic mass is 10.1. The minimum absolute atomic E-state index is 0.216. The van der Waals surface area contributed by atoms with Crippen LogP contribution in [0.5, 0.6) is 0 Å². The summed E-state index contributed by atoms with van der Waals surface area (Å²) in [4.78, 5) is 0. The van der Waals surface area contributed by atoms with Gasteiger partial charge in [-0.25, -0.2) is 0 Å². The Bertz CT molecular complexity index is 105. The lowest BCUT2D eigenvalue weighted by molar-refractivity contribution is -0.224. The van der Waals surface area contributed by atoms with Gasteiger partial charge in [0.1, 0.15) is 6.10 Å². The normalized spacial score (nSPS) is 41.7. The standard InChI is InChI=1S/C7H14O3/c1-5-3-4-6(8)7(9-2)10-5/h5-8H,3-4H2,1-2H3/t5-,6-,7-/m0/s1. The predicted molar refractivity (Wildman–Crippen MR) is 36.6 cm³/mol. The molecule has 60 valence electrons. The average molecular weight is 146 g/mol. The Morgan fingerprint density at radius 2 is 2.20 bits per heavy atom. The van der Waals surface area contributed by atoms with Crippen LogP contribution < -0.4 is 0 Å². The lowest BCUT2D eigenvalue weighted by Gasteiger charge is -2.30. The molecule has 10 heavy (non-hydrogen) atoms. The fourth-order valence-corrected chi connectivity index (χ4v) is 1.14. The monoisotopic (exact) mass is 146 g/mol. The van der Waals surface area contributed by atoms with Gasteiger partial charge in [0.05, 0.1) is 6.10 Å². The van der Waals surface area contributed by atoms with Crippen LogP contribution in [0.3, 0.4) is 0 Å². The number of ether oxygens (including phenoxy) is 2. The van der Waals surface area contributed by atoms with Crippen LogP contribution in [-0.2, 0) is 9.47 Å².